The summed E-state index contributed by atoms with van der Waals surface area (Å²) in [7, 11) is 0. The topological polar surface area (TPSA) is 61.6 Å². The van der Waals surface area contributed by atoms with Crippen molar-refractivity contribution in [2.75, 3.05) is 13.2 Å². The van der Waals surface area contributed by atoms with Crippen molar-refractivity contribution in [3.05, 3.63) is 17.3 Å². The minimum Gasteiger partial charge on any atom is -0.460 e. The normalized spacial score (nSPS) is 23.0. The Balaban J connectivity index is 2.27. The van der Waals surface area contributed by atoms with E-state index in [2.05, 4.69) is 4.98 Å². The smallest absolute Gasteiger partial charge is 0.376 e. The molecule has 2 unspecified atom stereocenters. The number of carbonyl (C=O) groups is 1. The summed E-state index contributed by atoms with van der Waals surface area (Å²) in [6, 6.07) is 0. The molecule has 0 aromatic carbocycles. The van der Waals surface area contributed by atoms with Crippen LogP contribution in [0.25, 0.3) is 0 Å². The van der Waals surface area contributed by atoms with Crippen molar-refractivity contribution in [2.45, 2.75) is 52.1 Å². The zero-order valence-corrected chi connectivity index (χ0v) is 11.9. The molecule has 5 heteroatoms. The molecular weight excluding hydrogens is 246 g/mol. The third-order valence-electron chi connectivity index (χ3n) is 3.23. The summed E-state index contributed by atoms with van der Waals surface area (Å²) in [6.07, 6.45) is 1.09. The maximum atomic E-state index is 11.9. The van der Waals surface area contributed by atoms with Crippen LogP contribution in [0.5, 0.6) is 0 Å². The van der Waals surface area contributed by atoms with Crippen LogP contribution in [0.1, 0.15) is 68.1 Å². The monoisotopic (exact) mass is 267 g/mol. The standard InChI is InChI=1S/C14H21NO4/c1-5-17-14(16)12-11(8(2)3)15-13(19-12)10-6-9(4)18-7-10/h8-10H,5-7H2,1-4H3. The highest BCUT2D eigenvalue weighted by molar-refractivity contribution is 5.87. The Morgan fingerprint density at radius 1 is 1.53 bits per heavy atom. The van der Waals surface area contributed by atoms with E-state index in [9.17, 15) is 4.79 Å². The van der Waals surface area contributed by atoms with Crippen LogP contribution in [-0.2, 0) is 9.47 Å². The van der Waals surface area contributed by atoms with Crippen molar-refractivity contribution in [1.29, 1.82) is 0 Å². The highest BCUT2D eigenvalue weighted by Gasteiger charge is 2.31. The molecule has 5 nitrogen and oxygen atoms in total. The Labute approximate surface area is 113 Å². The van der Waals surface area contributed by atoms with Crippen LogP contribution >= 0.6 is 0 Å². The van der Waals surface area contributed by atoms with Crippen LogP contribution < -0.4 is 0 Å². The molecule has 1 aromatic heterocycles. The predicted molar refractivity (Wildman–Crippen MR) is 69.3 cm³/mol. The summed E-state index contributed by atoms with van der Waals surface area (Å²) in [5.41, 5.74) is 0.674. The largest absolute Gasteiger partial charge is 0.460 e. The molecule has 0 bridgehead atoms. The molecule has 0 saturated carbocycles. The first-order valence-corrected chi connectivity index (χ1v) is 6.82. The molecule has 2 heterocycles. The van der Waals surface area contributed by atoms with Gasteiger partial charge in [-0.2, -0.15) is 0 Å². The number of carbonyl (C=O) groups excluding carboxylic acids is 1. The molecule has 2 atom stereocenters. The number of ether oxygens (including phenoxy) is 2. The lowest BCUT2D eigenvalue weighted by Gasteiger charge is -2.02. The zero-order chi connectivity index (χ0) is 14.0. The van der Waals surface area contributed by atoms with Gasteiger partial charge in [0, 0.05) is 0 Å². The van der Waals surface area contributed by atoms with Gasteiger partial charge in [-0.15, -0.1) is 0 Å². The Morgan fingerprint density at radius 2 is 2.26 bits per heavy atom. The number of rotatable bonds is 4. The molecular formula is C14H21NO4. The van der Waals surface area contributed by atoms with Crippen LogP contribution in [0.3, 0.4) is 0 Å². The SMILES string of the molecule is CCOC(=O)c1oc(C2COC(C)C2)nc1C(C)C. The van der Waals surface area contributed by atoms with Crippen molar-refractivity contribution >= 4 is 5.97 Å². The minimum atomic E-state index is -0.433. The van der Waals surface area contributed by atoms with Crippen molar-refractivity contribution in [2.24, 2.45) is 0 Å². The van der Waals surface area contributed by atoms with E-state index < -0.39 is 5.97 Å². The number of hydrogen-bond acceptors (Lipinski definition) is 5. The number of aromatic nitrogens is 1. The van der Waals surface area contributed by atoms with Gasteiger partial charge < -0.3 is 13.9 Å². The molecule has 0 aliphatic carbocycles. The van der Waals surface area contributed by atoms with Gasteiger partial charge in [-0.3, -0.25) is 0 Å². The van der Waals surface area contributed by atoms with Crippen molar-refractivity contribution in [1.82, 2.24) is 4.98 Å². The van der Waals surface area contributed by atoms with Crippen molar-refractivity contribution in [3.63, 3.8) is 0 Å². The second kappa shape index (κ2) is 5.74. The van der Waals surface area contributed by atoms with Crippen LogP contribution in [0, 0.1) is 0 Å². The van der Waals surface area contributed by atoms with Gasteiger partial charge in [0.15, 0.2) is 0 Å². The van der Waals surface area contributed by atoms with Gasteiger partial charge in [-0.05, 0) is 26.2 Å². The predicted octanol–water partition coefficient (Wildman–Crippen LogP) is 2.87. The minimum absolute atomic E-state index is 0.122. The highest BCUT2D eigenvalue weighted by Crippen LogP contribution is 2.31. The van der Waals surface area contributed by atoms with Crippen LogP contribution in [0.2, 0.25) is 0 Å². The van der Waals surface area contributed by atoms with Crippen molar-refractivity contribution in [3.8, 4) is 0 Å². The second-order valence-corrected chi connectivity index (χ2v) is 5.22. The van der Waals surface area contributed by atoms with Crippen LogP contribution in [0.4, 0.5) is 0 Å². The molecule has 0 spiro atoms. The van der Waals surface area contributed by atoms with E-state index >= 15 is 0 Å². The summed E-state index contributed by atoms with van der Waals surface area (Å²) >= 11 is 0. The lowest BCUT2D eigenvalue weighted by Crippen LogP contribution is -2.07. The van der Waals surface area contributed by atoms with Crippen molar-refractivity contribution < 1.29 is 18.7 Å². The molecule has 1 aliphatic heterocycles. The Hall–Kier alpha value is -1.36. The van der Waals surface area contributed by atoms with Crippen LogP contribution in [0.15, 0.2) is 4.42 Å². The van der Waals surface area contributed by atoms with Crippen LogP contribution in [-0.4, -0.2) is 30.3 Å². The fraction of sp³-hybridized carbons (Fsp3) is 0.714. The summed E-state index contributed by atoms with van der Waals surface area (Å²) in [5.74, 6) is 0.659. The van der Waals surface area contributed by atoms with E-state index in [-0.39, 0.29) is 23.7 Å². The van der Waals surface area contributed by atoms with E-state index in [1.807, 2.05) is 20.8 Å². The third kappa shape index (κ3) is 2.97. The van der Waals surface area contributed by atoms with Gasteiger partial charge >= 0.3 is 5.97 Å². The molecule has 1 aliphatic rings. The van der Waals surface area contributed by atoms with Gasteiger partial charge in [-0.1, -0.05) is 13.8 Å². The summed E-state index contributed by atoms with van der Waals surface area (Å²) in [6.45, 7) is 8.70. The van der Waals surface area contributed by atoms with E-state index in [0.717, 1.165) is 6.42 Å². The van der Waals surface area contributed by atoms with E-state index in [1.54, 1.807) is 6.92 Å². The summed E-state index contributed by atoms with van der Waals surface area (Å²) < 4.78 is 16.2. The number of oxazole rings is 1. The lowest BCUT2D eigenvalue weighted by molar-refractivity contribution is 0.0484. The molecule has 2 rings (SSSR count). The molecule has 0 amide bonds. The summed E-state index contributed by atoms with van der Waals surface area (Å²) in [5, 5.41) is 0. The highest BCUT2D eigenvalue weighted by atomic mass is 16.5. The third-order valence-corrected chi connectivity index (χ3v) is 3.23. The first-order chi connectivity index (χ1) is 9.02. The molecule has 19 heavy (non-hydrogen) atoms. The van der Waals surface area contributed by atoms with Gasteiger partial charge in [0.2, 0.25) is 11.7 Å². The fourth-order valence-corrected chi connectivity index (χ4v) is 2.25. The average Bonchev–Trinajstić information content (AvgIpc) is 2.94. The number of nitrogens with zero attached hydrogens (tertiary/aromatic N) is 1. The first kappa shape index (κ1) is 14.1. The van der Waals surface area contributed by atoms with E-state index in [1.165, 1.54) is 0 Å². The maximum Gasteiger partial charge on any atom is 0.376 e. The Bertz CT molecular complexity index is 452. The fourth-order valence-electron chi connectivity index (χ4n) is 2.25. The molecule has 0 N–H and O–H groups in total. The van der Waals surface area contributed by atoms with E-state index in [0.29, 0.717) is 24.8 Å². The van der Waals surface area contributed by atoms with E-state index in [4.69, 9.17) is 13.9 Å². The molecule has 0 radical (unpaired) electrons. The molecule has 1 aromatic rings. The quantitative estimate of drug-likeness (QED) is 0.785. The van der Waals surface area contributed by atoms with Gasteiger partial charge in [-0.25, -0.2) is 9.78 Å². The maximum absolute atomic E-state index is 11.9. The summed E-state index contributed by atoms with van der Waals surface area (Å²) in [4.78, 5) is 16.4. The molecule has 1 saturated heterocycles. The molecule has 106 valence electrons. The number of hydrogen-bond donors (Lipinski definition) is 0. The second-order valence-electron chi connectivity index (χ2n) is 5.22. The Kier molecular flexibility index (Phi) is 4.24. The molecule has 1 fully saturated rings. The number of esters is 1. The lowest BCUT2D eigenvalue weighted by atomic mass is 10.1. The first-order valence-electron chi connectivity index (χ1n) is 6.82. The van der Waals surface area contributed by atoms with Gasteiger partial charge in [0.25, 0.3) is 0 Å². The van der Waals surface area contributed by atoms with Gasteiger partial charge in [0.05, 0.1) is 30.9 Å². The Morgan fingerprint density at radius 3 is 2.79 bits per heavy atom. The zero-order valence-electron chi connectivity index (χ0n) is 11.9. The van der Waals surface area contributed by atoms with Gasteiger partial charge in [0.1, 0.15) is 0 Å². The average molecular weight is 267 g/mol.